The van der Waals surface area contributed by atoms with Crippen molar-refractivity contribution in [3.63, 3.8) is 0 Å². The van der Waals surface area contributed by atoms with E-state index in [-0.39, 0.29) is 5.69 Å². The van der Waals surface area contributed by atoms with Gasteiger partial charge in [0.15, 0.2) is 6.61 Å². The highest BCUT2D eigenvalue weighted by atomic mass is 32.1. The van der Waals surface area contributed by atoms with Gasteiger partial charge in [0.05, 0.1) is 5.69 Å². The van der Waals surface area contributed by atoms with Crippen LogP contribution in [-0.4, -0.2) is 18.5 Å². The lowest BCUT2D eigenvalue weighted by Crippen LogP contribution is -2.20. The first kappa shape index (κ1) is 15.9. The molecule has 1 amide bonds. The lowest BCUT2D eigenvalue weighted by molar-refractivity contribution is -0.142. The lowest BCUT2D eigenvalue weighted by Gasteiger charge is -2.07. The van der Waals surface area contributed by atoms with Gasteiger partial charge in [-0.3, -0.25) is 4.79 Å². The number of nitrogens with one attached hydrogen (secondary N) is 1. The number of ether oxygens (including phenoxy) is 1. The fraction of sp³-hybridized carbons (Fsp3) is 0.125. The number of thiophene rings is 1. The van der Waals surface area contributed by atoms with Gasteiger partial charge >= 0.3 is 5.97 Å². The van der Waals surface area contributed by atoms with E-state index in [4.69, 9.17) is 4.74 Å². The molecule has 0 saturated heterocycles. The number of hydrogen-bond acceptors (Lipinski definition) is 4. The maximum absolute atomic E-state index is 13.6. The van der Waals surface area contributed by atoms with Gasteiger partial charge in [0.2, 0.25) is 0 Å². The average molecular weight is 319 g/mol. The molecule has 2 rings (SSSR count). The van der Waals surface area contributed by atoms with E-state index in [0.717, 1.165) is 11.1 Å². The molecule has 1 heterocycles. The van der Waals surface area contributed by atoms with Crippen molar-refractivity contribution >= 4 is 35.0 Å². The van der Waals surface area contributed by atoms with Gasteiger partial charge in [0, 0.05) is 6.08 Å². The van der Waals surface area contributed by atoms with E-state index < -0.39 is 24.3 Å². The van der Waals surface area contributed by atoms with E-state index >= 15 is 0 Å². The summed E-state index contributed by atoms with van der Waals surface area (Å²) in [6, 6.07) is 6.29. The molecule has 0 bridgehead atoms. The molecule has 4 nitrogen and oxygen atoms in total. The van der Waals surface area contributed by atoms with Crippen molar-refractivity contribution < 1.29 is 18.7 Å². The van der Waals surface area contributed by atoms with E-state index in [9.17, 15) is 14.0 Å². The molecule has 0 atom stereocenters. The van der Waals surface area contributed by atoms with Crippen molar-refractivity contribution in [3.8, 4) is 0 Å². The second-order valence-corrected chi connectivity index (χ2v) is 5.31. The van der Waals surface area contributed by atoms with Crippen LogP contribution < -0.4 is 5.32 Å². The number of amides is 1. The highest BCUT2D eigenvalue weighted by Crippen LogP contribution is 2.15. The zero-order valence-corrected chi connectivity index (χ0v) is 12.7. The normalized spacial score (nSPS) is 10.6. The maximum atomic E-state index is 13.6. The Morgan fingerprint density at radius 3 is 2.86 bits per heavy atom. The highest BCUT2D eigenvalue weighted by Gasteiger charge is 2.09. The van der Waals surface area contributed by atoms with Crippen molar-refractivity contribution in [3.05, 3.63) is 58.0 Å². The molecule has 1 N–H and O–H groups in total. The number of halogens is 1. The molecule has 2 aromatic rings. The van der Waals surface area contributed by atoms with Gasteiger partial charge in [0.25, 0.3) is 5.91 Å². The first-order valence-corrected chi connectivity index (χ1v) is 7.42. The number of anilines is 1. The fourth-order valence-corrected chi connectivity index (χ4v) is 2.26. The Balaban J connectivity index is 1.81. The molecule has 0 fully saturated rings. The van der Waals surface area contributed by atoms with E-state index in [1.54, 1.807) is 19.1 Å². The molecule has 114 valence electrons. The summed E-state index contributed by atoms with van der Waals surface area (Å²) >= 11 is 1.51. The first-order chi connectivity index (χ1) is 10.5. The summed E-state index contributed by atoms with van der Waals surface area (Å²) in [4.78, 5) is 23.1. The number of esters is 1. The average Bonchev–Trinajstić information content (AvgIpc) is 2.99. The minimum Gasteiger partial charge on any atom is -0.452 e. The Morgan fingerprint density at radius 2 is 2.18 bits per heavy atom. The number of rotatable bonds is 5. The Hall–Kier alpha value is -2.47. The standard InChI is InChI=1S/C16H14FNO3S/c1-11-2-4-14(13(17)8-11)18-15(19)9-21-16(20)5-3-12-6-7-22-10-12/h2-8,10H,9H2,1H3,(H,18,19)/b5-3+. The molecular weight excluding hydrogens is 305 g/mol. The third-order valence-electron chi connectivity index (χ3n) is 2.70. The quantitative estimate of drug-likeness (QED) is 0.679. The zero-order chi connectivity index (χ0) is 15.9. The third kappa shape index (κ3) is 4.82. The van der Waals surface area contributed by atoms with Gasteiger partial charge in [0.1, 0.15) is 5.82 Å². The second kappa shape index (κ2) is 7.51. The van der Waals surface area contributed by atoms with Crippen LogP contribution in [0, 0.1) is 12.7 Å². The molecule has 0 saturated carbocycles. The smallest absolute Gasteiger partial charge is 0.331 e. The van der Waals surface area contributed by atoms with Crippen LogP contribution in [0.2, 0.25) is 0 Å². The van der Waals surface area contributed by atoms with Crippen molar-refractivity contribution in [2.75, 3.05) is 11.9 Å². The van der Waals surface area contributed by atoms with Crippen molar-refractivity contribution in [2.24, 2.45) is 0 Å². The Bertz CT molecular complexity index is 695. The third-order valence-corrected chi connectivity index (χ3v) is 3.40. The summed E-state index contributed by atoms with van der Waals surface area (Å²) in [7, 11) is 0. The molecule has 0 aliphatic heterocycles. The van der Waals surface area contributed by atoms with Crippen LogP contribution in [0.1, 0.15) is 11.1 Å². The summed E-state index contributed by atoms with van der Waals surface area (Å²) < 4.78 is 18.3. The van der Waals surface area contributed by atoms with Gasteiger partial charge in [-0.1, -0.05) is 6.07 Å². The maximum Gasteiger partial charge on any atom is 0.331 e. The SMILES string of the molecule is Cc1ccc(NC(=O)COC(=O)/C=C/c2ccsc2)c(F)c1. The van der Waals surface area contributed by atoms with E-state index in [0.29, 0.717) is 0 Å². The molecule has 0 spiro atoms. The van der Waals surface area contributed by atoms with Crippen LogP contribution in [0.25, 0.3) is 6.08 Å². The highest BCUT2D eigenvalue weighted by molar-refractivity contribution is 7.08. The Kier molecular flexibility index (Phi) is 5.43. The molecule has 6 heteroatoms. The number of hydrogen-bond donors (Lipinski definition) is 1. The van der Waals surface area contributed by atoms with Crippen molar-refractivity contribution in [1.82, 2.24) is 0 Å². The van der Waals surface area contributed by atoms with Gasteiger partial charge in [-0.25, -0.2) is 9.18 Å². The van der Waals surface area contributed by atoms with Crippen LogP contribution in [0.4, 0.5) is 10.1 Å². The van der Waals surface area contributed by atoms with E-state index in [2.05, 4.69) is 5.32 Å². The monoisotopic (exact) mass is 319 g/mol. The fourth-order valence-electron chi connectivity index (χ4n) is 1.63. The van der Waals surface area contributed by atoms with Gasteiger partial charge in [-0.05, 0) is 53.1 Å². The van der Waals surface area contributed by atoms with Crippen LogP contribution in [0.3, 0.4) is 0 Å². The first-order valence-electron chi connectivity index (χ1n) is 6.47. The van der Waals surface area contributed by atoms with Gasteiger partial charge in [-0.2, -0.15) is 11.3 Å². The molecule has 1 aromatic carbocycles. The Labute approximate surface area is 131 Å². The second-order valence-electron chi connectivity index (χ2n) is 4.53. The molecule has 0 aliphatic carbocycles. The summed E-state index contributed by atoms with van der Waals surface area (Å²) in [5.74, 6) is -1.76. The van der Waals surface area contributed by atoms with Crippen molar-refractivity contribution in [2.45, 2.75) is 6.92 Å². The van der Waals surface area contributed by atoms with Crippen LogP contribution in [0.5, 0.6) is 0 Å². The van der Waals surface area contributed by atoms with E-state index in [1.165, 1.54) is 29.5 Å². The van der Waals surface area contributed by atoms with Crippen LogP contribution in [-0.2, 0) is 14.3 Å². The number of carbonyl (C=O) groups is 2. The summed E-state index contributed by atoms with van der Waals surface area (Å²) in [6.07, 6.45) is 2.83. The zero-order valence-electron chi connectivity index (χ0n) is 11.8. The van der Waals surface area contributed by atoms with E-state index in [1.807, 2.05) is 16.8 Å². The Morgan fingerprint density at radius 1 is 1.36 bits per heavy atom. The van der Waals surface area contributed by atoms with Gasteiger partial charge in [-0.15, -0.1) is 0 Å². The van der Waals surface area contributed by atoms with Crippen molar-refractivity contribution in [1.29, 1.82) is 0 Å². The van der Waals surface area contributed by atoms with Crippen LogP contribution >= 0.6 is 11.3 Å². The predicted molar refractivity (Wildman–Crippen MR) is 84.1 cm³/mol. The summed E-state index contributed by atoms with van der Waals surface area (Å²) in [5, 5.41) is 6.10. The topological polar surface area (TPSA) is 55.4 Å². The lowest BCUT2D eigenvalue weighted by atomic mass is 10.2. The number of aryl methyl sites for hydroxylation is 1. The van der Waals surface area contributed by atoms with Crippen LogP contribution in [0.15, 0.2) is 41.1 Å². The largest absolute Gasteiger partial charge is 0.452 e. The number of benzene rings is 1. The minimum atomic E-state index is -0.634. The molecule has 0 radical (unpaired) electrons. The molecular formula is C16H14FNO3S. The molecule has 22 heavy (non-hydrogen) atoms. The number of carbonyl (C=O) groups excluding carboxylic acids is 2. The molecule has 0 unspecified atom stereocenters. The predicted octanol–water partition coefficient (Wildman–Crippen LogP) is 3.39. The minimum absolute atomic E-state index is 0.0560. The van der Waals surface area contributed by atoms with Gasteiger partial charge < -0.3 is 10.1 Å². The summed E-state index contributed by atoms with van der Waals surface area (Å²) in [6.45, 7) is 1.27. The summed E-state index contributed by atoms with van der Waals surface area (Å²) in [5.41, 5.74) is 1.69. The molecule has 0 aliphatic rings. The molecule has 1 aromatic heterocycles.